The van der Waals surface area contributed by atoms with Gasteiger partial charge in [0.25, 0.3) is 0 Å². The van der Waals surface area contributed by atoms with Crippen LogP contribution in [0.2, 0.25) is 0 Å². The molecule has 9 heteroatoms. The molecule has 0 aromatic heterocycles. The van der Waals surface area contributed by atoms with E-state index in [2.05, 4.69) is 21.2 Å². The Hall–Kier alpha value is -2.55. The second-order valence-electron chi connectivity index (χ2n) is 8.94. The first-order valence-electron chi connectivity index (χ1n) is 10.6. The Morgan fingerprint density at radius 2 is 1.85 bits per heavy atom. The van der Waals surface area contributed by atoms with Gasteiger partial charge in [0.1, 0.15) is 23.1 Å². The normalized spacial score (nSPS) is 21.1. The zero-order chi connectivity index (χ0) is 24.3. The molecule has 2 amide bonds. The van der Waals surface area contributed by atoms with Crippen molar-refractivity contribution in [2.75, 3.05) is 6.54 Å². The van der Waals surface area contributed by atoms with Crippen molar-refractivity contribution in [1.82, 2.24) is 10.2 Å². The Labute approximate surface area is 199 Å². The summed E-state index contributed by atoms with van der Waals surface area (Å²) in [6.07, 6.45) is -0.447. The molecular weight excluding hydrogens is 501 g/mol. The van der Waals surface area contributed by atoms with Crippen LogP contribution in [0.15, 0.2) is 42.5 Å². The average molecular weight is 527 g/mol. The molecular formula is C24H26BrF3N2O3. The minimum Gasteiger partial charge on any atom is -0.444 e. The Bertz CT molecular complexity index is 1030. The molecule has 1 fully saturated rings. The fourth-order valence-electron chi connectivity index (χ4n) is 3.90. The quantitative estimate of drug-likeness (QED) is 0.539. The number of halogens is 4. The van der Waals surface area contributed by atoms with Crippen LogP contribution in [0, 0.1) is 17.5 Å². The summed E-state index contributed by atoms with van der Waals surface area (Å²) >= 11 is 3.33. The van der Waals surface area contributed by atoms with Gasteiger partial charge < -0.3 is 15.0 Å². The van der Waals surface area contributed by atoms with Crippen LogP contribution in [0.25, 0.3) is 0 Å². The first kappa shape index (κ1) is 25.1. The van der Waals surface area contributed by atoms with Crippen molar-refractivity contribution < 1.29 is 27.5 Å². The molecule has 2 aromatic rings. The minimum atomic E-state index is -1.01. The summed E-state index contributed by atoms with van der Waals surface area (Å²) in [5.74, 6) is -2.17. The fourth-order valence-corrected chi connectivity index (χ4v) is 4.57. The number of nitrogens with one attached hydrogen (secondary N) is 1. The predicted molar refractivity (Wildman–Crippen MR) is 121 cm³/mol. The third kappa shape index (κ3) is 6.28. The number of rotatable bonds is 5. The van der Waals surface area contributed by atoms with E-state index in [1.165, 1.54) is 11.0 Å². The largest absolute Gasteiger partial charge is 0.444 e. The molecule has 5 nitrogen and oxygen atoms in total. The van der Waals surface area contributed by atoms with E-state index >= 15 is 0 Å². The molecule has 0 radical (unpaired) electrons. The van der Waals surface area contributed by atoms with Crippen LogP contribution in [-0.4, -0.2) is 39.9 Å². The third-order valence-corrected chi connectivity index (χ3v) is 6.05. The van der Waals surface area contributed by atoms with E-state index in [-0.39, 0.29) is 30.9 Å². The van der Waals surface area contributed by atoms with Crippen LogP contribution >= 0.6 is 15.9 Å². The highest BCUT2D eigenvalue weighted by molar-refractivity contribution is 9.10. The van der Waals surface area contributed by atoms with Gasteiger partial charge in [-0.15, -0.1) is 0 Å². The van der Waals surface area contributed by atoms with Gasteiger partial charge in [-0.1, -0.05) is 34.1 Å². The van der Waals surface area contributed by atoms with Crippen molar-refractivity contribution in [1.29, 1.82) is 0 Å². The third-order valence-electron chi connectivity index (χ3n) is 5.29. The second-order valence-corrected chi connectivity index (χ2v) is 10.0. The second kappa shape index (κ2) is 10.2. The lowest BCUT2D eigenvalue weighted by atomic mass is 9.89. The number of benzene rings is 2. The van der Waals surface area contributed by atoms with Gasteiger partial charge in [0.15, 0.2) is 0 Å². The lowest BCUT2D eigenvalue weighted by Crippen LogP contribution is -2.57. The number of carbonyl (C=O) groups is 2. The number of nitrogens with zero attached hydrogens (tertiary/aromatic N) is 1. The van der Waals surface area contributed by atoms with Gasteiger partial charge in [-0.25, -0.2) is 18.0 Å². The number of carbonyl (C=O) groups excluding carboxylic acids is 2. The Kier molecular flexibility index (Phi) is 7.72. The van der Waals surface area contributed by atoms with Crippen LogP contribution in [-0.2, 0) is 16.0 Å². The molecule has 0 aliphatic carbocycles. The van der Waals surface area contributed by atoms with Crippen molar-refractivity contribution in [2.24, 2.45) is 0 Å². The van der Waals surface area contributed by atoms with E-state index in [4.69, 9.17) is 4.74 Å². The van der Waals surface area contributed by atoms with Gasteiger partial charge in [0.2, 0.25) is 5.91 Å². The summed E-state index contributed by atoms with van der Waals surface area (Å²) in [6.45, 7) is 5.15. The van der Waals surface area contributed by atoms with Crippen LogP contribution in [0.5, 0.6) is 0 Å². The summed E-state index contributed by atoms with van der Waals surface area (Å²) in [5.41, 5.74) is -0.457. The van der Waals surface area contributed by atoms with Crippen LogP contribution < -0.4 is 5.32 Å². The van der Waals surface area contributed by atoms with E-state index < -0.39 is 46.1 Å². The van der Waals surface area contributed by atoms with Crippen molar-refractivity contribution in [3.8, 4) is 0 Å². The molecule has 0 saturated carbocycles. The molecule has 1 aliphatic heterocycles. The summed E-state index contributed by atoms with van der Waals surface area (Å²) in [4.78, 5) is 26.3. The molecule has 3 atom stereocenters. The SMILES string of the molecule is CC(C)(C)OC(=O)N[C@H]1CC(Br)C(=O)N(CCc2ccccc2F)[C@@H]1c1cc(F)ccc1F. The van der Waals surface area contributed by atoms with Gasteiger partial charge in [-0.2, -0.15) is 0 Å². The summed E-state index contributed by atoms with van der Waals surface area (Å²) in [5, 5.41) is 2.71. The zero-order valence-electron chi connectivity index (χ0n) is 18.6. The van der Waals surface area contributed by atoms with E-state index in [1.54, 1.807) is 39.0 Å². The molecule has 3 rings (SSSR count). The van der Waals surface area contributed by atoms with Gasteiger partial charge in [0.05, 0.1) is 16.9 Å². The maximum atomic E-state index is 14.8. The number of ether oxygens (including phenoxy) is 1. The Balaban J connectivity index is 1.97. The first-order valence-corrected chi connectivity index (χ1v) is 11.5. The van der Waals surface area contributed by atoms with Gasteiger partial charge >= 0.3 is 6.09 Å². The van der Waals surface area contributed by atoms with E-state index in [0.717, 1.165) is 18.2 Å². The number of amides is 2. The summed E-state index contributed by atoms with van der Waals surface area (Å²) in [7, 11) is 0. The number of hydrogen-bond acceptors (Lipinski definition) is 3. The predicted octanol–water partition coefficient (Wildman–Crippen LogP) is 5.28. The Morgan fingerprint density at radius 3 is 2.52 bits per heavy atom. The molecule has 2 aromatic carbocycles. The van der Waals surface area contributed by atoms with Crippen LogP contribution in [0.3, 0.4) is 0 Å². The number of likely N-dealkylation sites (tertiary alicyclic amines) is 1. The molecule has 1 aliphatic rings. The van der Waals surface area contributed by atoms with Crippen molar-refractivity contribution >= 4 is 27.9 Å². The monoisotopic (exact) mass is 526 g/mol. The minimum absolute atomic E-state index is 0.0367. The number of alkyl carbamates (subject to hydrolysis) is 1. The molecule has 1 saturated heterocycles. The van der Waals surface area contributed by atoms with E-state index in [9.17, 15) is 22.8 Å². The van der Waals surface area contributed by atoms with Crippen molar-refractivity contribution in [3.05, 3.63) is 71.0 Å². The zero-order valence-corrected chi connectivity index (χ0v) is 20.2. The summed E-state index contributed by atoms with van der Waals surface area (Å²) < 4.78 is 48.4. The lowest BCUT2D eigenvalue weighted by Gasteiger charge is -2.43. The lowest BCUT2D eigenvalue weighted by molar-refractivity contribution is -0.137. The van der Waals surface area contributed by atoms with Crippen LogP contribution in [0.1, 0.15) is 44.4 Å². The van der Waals surface area contributed by atoms with Gasteiger partial charge in [-0.3, -0.25) is 4.79 Å². The highest BCUT2D eigenvalue weighted by Crippen LogP contribution is 2.36. The van der Waals surface area contributed by atoms with Crippen molar-refractivity contribution in [2.45, 2.75) is 56.1 Å². The average Bonchev–Trinajstić information content (AvgIpc) is 2.71. The maximum Gasteiger partial charge on any atom is 0.407 e. The molecule has 1 unspecified atom stereocenters. The first-order chi connectivity index (χ1) is 15.5. The molecule has 33 heavy (non-hydrogen) atoms. The van der Waals surface area contributed by atoms with E-state index in [1.807, 2.05) is 0 Å². The fraction of sp³-hybridized carbons (Fsp3) is 0.417. The molecule has 1 N–H and O–H groups in total. The van der Waals surface area contributed by atoms with Gasteiger partial charge in [0, 0.05) is 12.1 Å². The van der Waals surface area contributed by atoms with E-state index in [0.29, 0.717) is 5.56 Å². The maximum absolute atomic E-state index is 14.8. The summed E-state index contributed by atoms with van der Waals surface area (Å²) in [6, 6.07) is 7.35. The highest BCUT2D eigenvalue weighted by Gasteiger charge is 2.43. The molecule has 0 bridgehead atoms. The number of hydrogen-bond donors (Lipinski definition) is 1. The van der Waals surface area contributed by atoms with Crippen LogP contribution in [0.4, 0.5) is 18.0 Å². The van der Waals surface area contributed by atoms with Crippen molar-refractivity contribution in [3.63, 3.8) is 0 Å². The number of alkyl halides is 1. The molecule has 178 valence electrons. The Morgan fingerprint density at radius 1 is 1.15 bits per heavy atom. The smallest absolute Gasteiger partial charge is 0.407 e. The topological polar surface area (TPSA) is 58.6 Å². The standard InChI is InChI=1S/C24H26BrF3N2O3/c1-24(2,3)33-23(32)29-20-13-17(25)22(31)30(11-10-14-6-4-5-7-18(14)27)21(20)16-12-15(26)8-9-19(16)28/h4-9,12,17,20-21H,10-11,13H2,1-3H3,(H,29,32)/t17?,20-,21+/m0/s1. The number of piperidine rings is 1. The highest BCUT2D eigenvalue weighted by atomic mass is 79.9. The molecule has 1 heterocycles. The molecule has 0 spiro atoms. The van der Waals surface area contributed by atoms with Gasteiger partial charge in [-0.05, 0) is 63.4 Å².